The van der Waals surface area contributed by atoms with Crippen molar-refractivity contribution in [2.24, 2.45) is 0 Å². The Bertz CT molecular complexity index is 430. The van der Waals surface area contributed by atoms with Crippen LogP contribution in [0.15, 0.2) is 11.2 Å². The zero-order valence-corrected chi connectivity index (χ0v) is 12.2. The fraction of sp³-hybridized carbons (Fsp3) is 0.583. The van der Waals surface area contributed by atoms with Gasteiger partial charge in [-0.25, -0.2) is 9.97 Å². The van der Waals surface area contributed by atoms with Crippen molar-refractivity contribution in [1.29, 1.82) is 0 Å². The van der Waals surface area contributed by atoms with Crippen molar-refractivity contribution in [2.45, 2.75) is 38.3 Å². The second-order valence-electron chi connectivity index (χ2n) is 4.81. The van der Waals surface area contributed by atoms with Gasteiger partial charge in [0.15, 0.2) is 0 Å². The highest BCUT2D eigenvalue weighted by Crippen LogP contribution is 2.21. The molecule has 0 aliphatic heterocycles. The first-order valence-corrected chi connectivity index (χ1v) is 6.66. The van der Waals surface area contributed by atoms with E-state index in [1.165, 1.54) is 11.8 Å². The smallest absolute Gasteiger partial charge is 0.316 e. The van der Waals surface area contributed by atoms with E-state index in [1.54, 1.807) is 13.2 Å². The molecule has 100 valence electrons. The van der Waals surface area contributed by atoms with Crippen LogP contribution in [0.2, 0.25) is 0 Å². The predicted molar refractivity (Wildman–Crippen MR) is 72.9 cm³/mol. The Hall–Kier alpha value is -1.30. The third kappa shape index (κ3) is 4.91. The maximum Gasteiger partial charge on any atom is 0.316 e. The number of anilines is 1. The first-order chi connectivity index (χ1) is 8.31. The molecule has 0 aliphatic carbocycles. The van der Waals surface area contributed by atoms with E-state index in [-0.39, 0.29) is 11.7 Å². The average Bonchev–Trinajstić information content (AvgIpc) is 2.25. The minimum Gasteiger partial charge on any atom is -0.459 e. The van der Waals surface area contributed by atoms with Gasteiger partial charge >= 0.3 is 5.97 Å². The van der Waals surface area contributed by atoms with Crippen molar-refractivity contribution in [3.8, 4) is 0 Å². The van der Waals surface area contributed by atoms with Crippen molar-refractivity contribution in [3.63, 3.8) is 0 Å². The fourth-order valence-electron chi connectivity index (χ4n) is 1.19. The van der Waals surface area contributed by atoms with Crippen LogP contribution < -0.4 is 5.32 Å². The van der Waals surface area contributed by atoms with Crippen LogP contribution in [0, 0.1) is 6.92 Å². The highest BCUT2D eigenvalue weighted by Gasteiger charge is 2.17. The first kappa shape index (κ1) is 14.8. The molecule has 1 aromatic heterocycles. The summed E-state index contributed by atoms with van der Waals surface area (Å²) in [6.45, 7) is 7.47. The monoisotopic (exact) mass is 269 g/mol. The van der Waals surface area contributed by atoms with E-state index in [2.05, 4.69) is 15.3 Å². The number of rotatable bonds is 4. The lowest BCUT2D eigenvalue weighted by Gasteiger charge is -2.19. The number of carbonyl (C=O) groups excluding carboxylic acids is 1. The topological polar surface area (TPSA) is 64.1 Å². The molecule has 0 radical (unpaired) electrons. The van der Waals surface area contributed by atoms with Gasteiger partial charge in [-0.2, -0.15) is 0 Å². The van der Waals surface area contributed by atoms with Gasteiger partial charge in [0.2, 0.25) is 5.95 Å². The van der Waals surface area contributed by atoms with Crippen LogP contribution >= 0.6 is 11.8 Å². The van der Waals surface area contributed by atoms with Crippen LogP contribution in [0.3, 0.4) is 0 Å². The number of hydrogen-bond donors (Lipinski definition) is 1. The van der Waals surface area contributed by atoms with Crippen molar-refractivity contribution in [2.75, 3.05) is 18.1 Å². The zero-order valence-electron chi connectivity index (χ0n) is 11.4. The van der Waals surface area contributed by atoms with Crippen molar-refractivity contribution in [3.05, 3.63) is 11.8 Å². The standard InChI is InChI=1S/C12H19N3O2S/c1-8-6-14-11(13-5)15-10(8)18-7-9(16)17-12(2,3)4/h6H,7H2,1-5H3,(H,13,14,15). The van der Waals surface area contributed by atoms with E-state index >= 15 is 0 Å². The number of nitrogens with one attached hydrogen (secondary N) is 1. The Morgan fingerprint density at radius 3 is 2.72 bits per heavy atom. The Labute approximate surface area is 112 Å². The third-order valence-electron chi connectivity index (χ3n) is 1.90. The van der Waals surface area contributed by atoms with E-state index in [0.29, 0.717) is 5.95 Å². The lowest BCUT2D eigenvalue weighted by Crippen LogP contribution is -2.25. The molecule has 0 saturated carbocycles. The molecule has 18 heavy (non-hydrogen) atoms. The number of nitrogens with zero attached hydrogens (tertiary/aromatic N) is 2. The molecule has 1 rings (SSSR count). The number of thioether (sulfide) groups is 1. The van der Waals surface area contributed by atoms with Crippen LogP contribution in [0.5, 0.6) is 0 Å². The quantitative estimate of drug-likeness (QED) is 0.514. The van der Waals surface area contributed by atoms with Crippen LogP contribution in [-0.2, 0) is 9.53 Å². The van der Waals surface area contributed by atoms with Crippen LogP contribution in [0.4, 0.5) is 5.95 Å². The number of aromatic nitrogens is 2. The molecule has 6 heteroatoms. The summed E-state index contributed by atoms with van der Waals surface area (Å²) in [7, 11) is 1.76. The van der Waals surface area contributed by atoms with Crippen molar-refractivity contribution < 1.29 is 9.53 Å². The maximum absolute atomic E-state index is 11.6. The number of hydrogen-bond acceptors (Lipinski definition) is 6. The Morgan fingerprint density at radius 2 is 2.17 bits per heavy atom. The largest absolute Gasteiger partial charge is 0.459 e. The molecule has 1 N–H and O–H groups in total. The predicted octanol–water partition coefficient (Wildman–Crippen LogP) is 2.26. The van der Waals surface area contributed by atoms with Gasteiger partial charge in [-0.3, -0.25) is 4.79 Å². The van der Waals surface area contributed by atoms with Gasteiger partial charge in [0.25, 0.3) is 0 Å². The third-order valence-corrected chi connectivity index (χ3v) is 2.96. The average molecular weight is 269 g/mol. The fourth-order valence-corrected chi connectivity index (χ4v) is 1.94. The van der Waals surface area contributed by atoms with Gasteiger partial charge in [0, 0.05) is 13.2 Å². The Balaban J connectivity index is 2.60. The van der Waals surface area contributed by atoms with Crippen molar-refractivity contribution >= 4 is 23.7 Å². The number of esters is 1. The Kier molecular flexibility index (Phi) is 4.95. The number of aryl methyl sites for hydroxylation is 1. The SMILES string of the molecule is CNc1ncc(C)c(SCC(=O)OC(C)(C)C)n1. The minimum atomic E-state index is -0.450. The highest BCUT2D eigenvalue weighted by atomic mass is 32.2. The van der Waals surface area contributed by atoms with Gasteiger partial charge in [-0.15, -0.1) is 0 Å². The summed E-state index contributed by atoms with van der Waals surface area (Å²) < 4.78 is 5.24. The molecule has 0 saturated heterocycles. The van der Waals surface area contributed by atoms with Crippen LogP contribution in [0.25, 0.3) is 0 Å². The molecule has 0 atom stereocenters. The van der Waals surface area contributed by atoms with Gasteiger partial charge in [0.1, 0.15) is 10.6 Å². The number of carbonyl (C=O) groups is 1. The highest BCUT2D eigenvalue weighted by molar-refractivity contribution is 7.99. The maximum atomic E-state index is 11.6. The minimum absolute atomic E-state index is 0.239. The molecule has 1 heterocycles. The molecule has 1 aromatic rings. The van der Waals surface area contributed by atoms with Gasteiger partial charge in [-0.1, -0.05) is 11.8 Å². The van der Waals surface area contributed by atoms with Crippen molar-refractivity contribution in [1.82, 2.24) is 9.97 Å². The normalized spacial score (nSPS) is 11.2. The lowest BCUT2D eigenvalue weighted by atomic mass is 10.2. The Morgan fingerprint density at radius 1 is 1.50 bits per heavy atom. The summed E-state index contributed by atoms with van der Waals surface area (Å²) in [4.78, 5) is 20.0. The number of ether oxygens (including phenoxy) is 1. The first-order valence-electron chi connectivity index (χ1n) is 5.68. The molecule has 0 amide bonds. The summed E-state index contributed by atoms with van der Waals surface area (Å²) >= 11 is 1.36. The van der Waals surface area contributed by atoms with E-state index in [0.717, 1.165) is 10.6 Å². The van der Waals surface area contributed by atoms with E-state index in [4.69, 9.17) is 4.74 Å². The zero-order chi connectivity index (χ0) is 13.8. The van der Waals surface area contributed by atoms with E-state index in [9.17, 15) is 4.79 Å². The lowest BCUT2D eigenvalue weighted by molar-refractivity contribution is -0.151. The summed E-state index contributed by atoms with van der Waals surface area (Å²) in [5, 5.41) is 3.66. The molecule has 5 nitrogen and oxygen atoms in total. The van der Waals surface area contributed by atoms with E-state index < -0.39 is 5.60 Å². The summed E-state index contributed by atoms with van der Waals surface area (Å²) in [5.41, 5.74) is 0.497. The second kappa shape index (κ2) is 6.04. The van der Waals surface area contributed by atoms with Gasteiger partial charge < -0.3 is 10.1 Å². The van der Waals surface area contributed by atoms with Crippen LogP contribution in [-0.4, -0.2) is 34.3 Å². The van der Waals surface area contributed by atoms with E-state index in [1.807, 2.05) is 27.7 Å². The molecule has 0 aliphatic rings. The summed E-state index contributed by atoms with van der Waals surface area (Å²) in [6.07, 6.45) is 1.73. The molecule has 0 aromatic carbocycles. The van der Waals surface area contributed by atoms with Gasteiger partial charge in [0.05, 0.1) is 5.75 Å². The molecule has 0 spiro atoms. The summed E-state index contributed by atoms with van der Waals surface area (Å²) in [5.74, 6) is 0.557. The molecule has 0 fully saturated rings. The summed E-state index contributed by atoms with van der Waals surface area (Å²) in [6, 6.07) is 0. The molecule has 0 unspecified atom stereocenters. The molecule has 0 bridgehead atoms. The molecular weight excluding hydrogens is 250 g/mol. The molecular formula is C12H19N3O2S. The second-order valence-corrected chi connectivity index (χ2v) is 5.77. The van der Waals surface area contributed by atoms with Crippen LogP contribution in [0.1, 0.15) is 26.3 Å². The van der Waals surface area contributed by atoms with Gasteiger partial charge in [-0.05, 0) is 33.3 Å².